The molecule has 0 saturated carbocycles. The fraction of sp³-hybridized carbons (Fsp3) is 0.417. The second-order valence-corrected chi connectivity index (χ2v) is 7.17. The quantitative estimate of drug-likeness (QED) is 0.537. The number of nitro groups is 1. The van der Waals surface area contributed by atoms with Crippen LogP contribution >= 0.6 is 11.8 Å². The number of nitrogens with one attached hydrogen (secondary N) is 1. The first-order chi connectivity index (χ1) is 10.2. The van der Waals surface area contributed by atoms with E-state index in [-0.39, 0.29) is 17.0 Å². The van der Waals surface area contributed by atoms with Gasteiger partial charge in [0.25, 0.3) is 5.69 Å². The molecule has 1 atom stereocenters. The summed E-state index contributed by atoms with van der Waals surface area (Å²) >= 11 is 1.39. The summed E-state index contributed by atoms with van der Waals surface area (Å²) in [6, 6.07) is 2.14. The number of carboxylic acid groups (broad SMARTS) is 1. The van der Waals surface area contributed by atoms with Crippen LogP contribution in [0.2, 0.25) is 0 Å². The minimum atomic E-state index is -4.17. The zero-order valence-corrected chi connectivity index (χ0v) is 13.6. The molecule has 0 bridgehead atoms. The van der Waals surface area contributed by atoms with Gasteiger partial charge in [0.15, 0.2) is 0 Å². The lowest BCUT2D eigenvalue weighted by atomic mass is 10.2. The van der Waals surface area contributed by atoms with Gasteiger partial charge >= 0.3 is 5.97 Å². The van der Waals surface area contributed by atoms with E-state index in [9.17, 15) is 23.3 Å². The van der Waals surface area contributed by atoms with Crippen molar-refractivity contribution in [2.75, 3.05) is 12.0 Å². The van der Waals surface area contributed by atoms with Gasteiger partial charge in [-0.15, -0.1) is 0 Å². The third kappa shape index (κ3) is 4.68. The van der Waals surface area contributed by atoms with Gasteiger partial charge in [0.05, 0.1) is 9.82 Å². The molecule has 0 spiro atoms. The van der Waals surface area contributed by atoms with Gasteiger partial charge in [-0.3, -0.25) is 14.9 Å². The number of non-ortho nitro benzene ring substituents is 1. The van der Waals surface area contributed by atoms with E-state index >= 15 is 0 Å². The zero-order valence-electron chi connectivity index (χ0n) is 12.0. The topological polar surface area (TPSA) is 127 Å². The van der Waals surface area contributed by atoms with Crippen molar-refractivity contribution in [2.45, 2.75) is 24.3 Å². The smallest absolute Gasteiger partial charge is 0.321 e. The minimum Gasteiger partial charge on any atom is -0.480 e. The van der Waals surface area contributed by atoms with Crippen LogP contribution in [-0.2, 0) is 14.8 Å². The number of thioether (sulfide) groups is 1. The fourth-order valence-corrected chi connectivity index (χ4v) is 3.67. The van der Waals surface area contributed by atoms with Crippen molar-refractivity contribution in [2.24, 2.45) is 0 Å². The Morgan fingerprint density at radius 3 is 2.64 bits per heavy atom. The van der Waals surface area contributed by atoms with E-state index in [0.717, 1.165) is 6.07 Å². The Bertz CT molecular complexity index is 674. The molecule has 0 aromatic heterocycles. The molecular weight excluding hydrogens is 332 g/mol. The van der Waals surface area contributed by atoms with Crippen LogP contribution in [0.1, 0.15) is 12.0 Å². The van der Waals surface area contributed by atoms with Crippen LogP contribution in [0.15, 0.2) is 23.1 Å². The summed E-state index contributed by atoms with van der Waals surface area (Å²) in [5, 5.41) is 19.8. The van der Waals surface area contributed by atoms with Crippen LogP contribution in [0, 0.1) is 17.0 Å². The lowest BCUT2D eigenvalue weighted by molar-refractivity contribution is -0.385. The summed E-state index contributed by atoms with van der Waals surface area (Å²) in [6.45, 7) is 1.48. The lowest BCUT2D eigenvalue weighted by Gasteiger charge is -2.15. The van der Waals surface area contributed by atoms with Gasteiger partial charge in [-0.2, -0.15) is 16.5 Å². The summed E-state index contributed by atoms with van der Waals surface area (Å²) in [5.41, 5.74) is -0.0749. The van der Waals surface area contributed by atoms with E-state index in [1.165, 1.54) is 30.8 Å². The van der Waals surface area contributed by atoms with Crippen LogP contribution in [0.3, 0.4) is 0 Å². The van der Waals surface area contributed by atoms with Crippen molar-refractivity contribution < 1.29 is 23.2 Å². The number of sulfonamides is 1. The molecule has 1 aromatic carbocycles. The average Bonchev–Trinajstić information content (AvgIpc) is 2.43. The standard InChI is InChI=1S/C12H16N2O6S2/c1-8-3-4-9(14(17)18)7-11(8)22(19,20)13-10(12(15)16)5-6-21-2/h3-4,7,10,13H,5-6H2,1-2H3,(H,15,16). The van der Waals surface area contributed by atoms with Gasteiger partial charge in [-0.25, -0.2) is 8.42 Å². The van der Waals surface area contributed by atoms with Crippen molar-refractivity contribution in [3.8, 4) is 0 Å². The second-order valence-electron chi connectivity index (χ2n) is 4.50. The molecule has 0 aliphatic heterocycles. The number of rotatable bonds is 8. The molecule has 0 saturated heterocycles. The number of hydrogen-bond donors (Lipinski definition) is 2. The number of nitrogens with zero attached hydrogens (tertiary/aromatic N) is 1. The van der Waals surface area contributed by atoms with E-state index in [1.807, 2.05) is 0 Å². The molecule has 1 aromatic rings. The molecule has 0 radical (unpaired) electrons. The third-order valence-electron chi connectivity index (χ3n) is 2.88. The first-order valence-corrected chi connectivity index (χ1v) is 9.06. The highest BCUT2D eigenvalue weighted by Gasteiger charge is 2.27. The van der Waals surface area contributed by atoms with Gasteiger partial charge in [-0.05, 0) is 30.9 Å². The Morgan fingerprint density at radius 2 is 2.14 bits per heavy atom. The fourth-order valence-electron chi connectivity index (χ4n) is 1.71. The summed E-state index contributed by atoms with van der Waals surface area (Å²) in [6.07, 6.45) is 1.89. The molecule has 22 heavy (non-hydrogen) atoms. The Hall–Kier alpha value is -1.65. The lowest BCUT2D eigenvalue weighted by Crippen LogP contribution is -2.41. The number of hydrogen-bond acceptors (Lipinski definition) is 6. The largest absolute Gasteiger partial charge is 0.480 e. The summed E-state index contributed by atoms with van der Waals surface area (Å²) in [5.74, 6) is -0.825. The Morgan fingerprint density at radius 1 is 1.50 bits per heavy atom. The maximum absolute atomic E-state index is 12.3. The van der Waals surface area contributed by atoms with E-state index in [0.29, 0.717) is 11.3 Å². The van der Waals surface area contributed by atoms with Gasteiger partial charge in [0.1, 0.15) is 6.04 Å². The molecule has 0 fully saturated rings. The van der Waals surface area contributed by atoms with E-state index < -0.39 is 27.0 Å². The van der Waals surface area contributed by atoms with Gasteiger partial charge in [0.2, 0.25) is 10.0 Å². The van der Waals surface area contributed by atoms with Gasteiger partial charge in [0, 0.05) is 12.1 Å². The molecular formula is C12H16N2O6S2. The molecule has 0 amide bonds. The second kappa shape index (κ2) is 7.56. The van der Waals surface area contributed by atoms with E-state index in [4.69, 9.17) is 5.11 Å². The highest BCUT2D eigenvalue weighted by Crippen LogP contribution is 2.22. The summed E-state index contributed by atoms with van der Waals surface area (Å²) in [4.78, 5) is 20.9. The normalized spacial score (nSPS) is 12.8. The molecule has 10 heteroatoms. The van der Waals surface area contributed by atoms with Crippen molar-refractivity contribution in [3.63, 3.8) is 0 Å². The van der Waals surface area contributed by atoms with Crippen molar-refractivity contribution in [1.29, 1.82) is 0 Å². The molecule has 1 rings (SSSR count). The van der Waals surface area contributed by atoms with Gasteiger partial charge in [-0.1, -0.05) is 6.07 Å². The number of nitro benzene ring substituents is 1. The zero-order chi connectivity index (χ0) is 16.9. The number of benzene rings is 1. The van der Waals surface area contributed by atoms with Crippen LogP contribution in [0.25, 0.3) is 0 Å². The Kier molecular flexibility index (Phi) is 6.33. The van der Waals surface area contributed by atoms with E-state index in [2.05, 4.69) is 4.72 Å². The first-order valence-electron chi connectivity index (χ1n) is 6.18. The van der Waals surface area contributed by atoms with Crippen molar-refractivity contribution in [1.82, 2.24) is 4.72 Å². The maximum atomic E-state index is 12.3. The SMILES string of the molecule is CSCCC(NS(=O)(=O)c1cc([N+](=O)[O-])ccc1C)C(=O)O. The van der Waals surface area contributed by atoms with Crippen molar-refractivity contribution >= 4 is 33.4 Å². The third-order valence-corrected chi connectivity index (χ3v) is 5.14. The van der Waals surface area contributed by atoms with Crippen LogP contribution < -0.4 is 4.72 Å². The number of carboxylic acids is 1. The molecule has 0 aliphatic rings. The molecule has 1 unspecified atom stereocenters. The monoisotopic (exact) mass is 348 g/mol. The maximum Gasteiger partial charge on any atom is 0.321 e. The summed E-state index contributed by atoms with van der Waals surface area (Å²) in [7, 11) is -4.17. The predicted octanol–water partition coefficient (Wildman–Crippen LogP) is 1.39. The van der Waals surface area contributed by atoms with E-state index in [1.54, 1.807) is 6.26 Å². The molecule has 0 aliphatic carbocycles. The number of aryl methyl sites for hydroxylation is 1. The average molecular weight is 348 g/mol. The Balaban J connectivity index is 3.15. The molecule has 8 nitrogen and oxygen atoms in total. The Labute approximate surface area is 132 Å². The molecule has 2 N–H and O–H groups in total. The summed E-state index contributed by atoms with van der Waals surface area (Å²) < 4.78 is 26.7. The predicted molar refractivity (Wildman–Crippen MR) is 82.6 cm³/mol. The number of aliphatic carboxylic acids is 1. The highest BCUT2D eigenvalue weighted by atomic mass is 32.2. The van der Waals surface area contributed by atoms with Crippen LogP contribution in [0.5, 0.6) is 0 Å². The van der Waals surface area contributed by atoms with Crippen molar-refractivity contribution in [3.05, 3.63) is 33.9 Å². The minimum absolute atomic E-state index is 0.115. The first kappa shape index (κ1) is 18.4. The highest BCUT2D eigenvalue weighted by molar-refractivity contribution is 7.98. The molecule has 122 valence electrons. The molecule has 0 heterocycles. The van der Waals surface area contributed by atoms with Crippen LogP contribution in [0.4, 0.5) is 5.69 Å². The number of carbonyl (C=O) groups is 1. The van der Waals surface area contributed by atoms with Crippen LogP contribution in [-0.4, -0.2) is 42.5 Å². The van der Waals surface area contributed by atoms with Gasteiger partial charge < -0.3 is 5.11 Å².